The van der Waals surface area contributed by atoms with Gasteiger partial charge in [0.05, 0.1) is 5.92 Å². The highest BCUT2D eigenvalue weighted by Crippen LogP contribution is 2.19. The van der Waals surface area contributed by atoms with E-state index < -0.39 is 0 Å². The maximum absolute atomic E-state index is 3.04. The van der Waals surface area contributed by atoms with Gasteiger partial charge in [0, 0.05) is 0 Å². The lowest BCUT2D eigenvalue weighted by Crippen LogP contribution is -1.95. The van der Waals surface area contributed by atoms with Crippen LogP contribution in [0.3, 0.4) is 0 Å². The molecule has 7 heavy (non-hydrogen) atoms. The Morgan fingerprint density at radius 3 is 2.29 bits per heavy atom. The Balaban J connectivity index is 2.13. The molecule has 38 valence electrons. The Labute approximate surface area is 44.9 Å². The Bertz CT molecular complexity index is 106. The summed E-state index contributed by atoms with van der Waals surface area (Å²) in [6.45, 7) is 4.43. The average Bonchev–Trinajstić information content (AvgIpc) is 2.44. The summed E-state index contributed by atoms with van der Waals surface area (Å²) in [5, 5.41) is 0. The standard InChI is InChI=1S/C7H10/c1-3-6(2)7-4-5-7/h6-7H,3H2,1-2H3. The van der Waals surface area contributed by atoms with Gasteiger partial charge in [-0.05, 0) is 5.92 Å². The second kappa shape index (κ2) is 1.58. The maximum atomic E-state index is 3.04. The number of rotatable bonds is 2. The highest BCUT2D eigenvalue weighted by atomic mass is 14.2. The van der Waals surface area contributed by atoms with Gasteiger partial charge in [0.25, 0.3) is 0 Å². The molecule has 0 fully saturated rings. The van der Waals surface area contributed by atoms with Crippen LogP contribution in [0.25, 0.3) is 0 Å². The molecule has 0 amide bonds. The van der Waals surface area contributed by atoms with Crippen molar-refractivity contribution in [3.63, 3.8) is 0 Å². The van der Waals surface area contributed by atoms with Crippen LogP contribution in [-0.4, -0.2) is 0 Å². The third-order valence-corrected chi connectivity index (χ3v) is 1.52. The van der Waals surface area contributed by atoms with E-state index in [1.165, 1.54) is 6.42 Å². The summed E-state index contributed by atoms with van der Waals surface area (Å²) in [4.78, 5) is 0. The molecule has 0 N–H and O–H groups in total. The molecule has 0 heteroatoms. The van der Waals surface area contributed by atoms with Crippen LogP contribution in [0, 0.1) is 23.7 Å². The Kier molecular flexibility index (Phi) is 1.06. The van der Waals surface area contributed by atoms with E-state index in [0.29, 0.717) is 5.92 Å². The zero-order chi connectivity index (χ0) is 5.28. The first-order valence-electron chi connectivity index (χ1n) is 2.85. The van der Waals surface area contributed by atoms with Crippen molar-refractivity contribution >= 4 is 0 Å². The summed E-state index contributed by atoms with van der Waals surface area (Å²) in [6.07, 6.45) is 1.25. The van der Waals surface area contributed by atoms with Crippen molar-refractivity contribution in [2.24, 2.45) is 11.8 Å². The minimum absolute atomic E-state index is 0.616. The van der Waals surface area contributed by atoms with E-state index in [0.717, 1.165) is 5.92 Å². The summed E-state index contributed by atoms with van der Waals surface area (Å²) in [7, 11) is 0. The lowest BCUT2D eigenvalue weighted by molar-refractivity contribution is 0.530. The smallest absolute Gasteiger partial charge is 0.0837 e. The molecule has 1 unspecified atom stereocenters. The highest BCUT2D eigenvalue weighted by molar-refractivity contribution is 5.30. The van der Waals surface area contributed by atoms with E-state index in [9.17, 15) is 0 Å². The van der Waals surface area contributed by atoms with Gasteiger partial charge >= 0.3 is 0 Å². The van der Waals surface area contributed by atoms with Crippen molar-refractivity contribution in [1.82, 2.24) is 0 Å². The lowest BCUT2D eigenvalue weighted by Gasteiger charge is -2.00. The summed E-state index contributed by atoms with van der Waals surface area (Å²) >= 11 is 0. The Morgan fingerprint density at radius 2 is 2.14 bits per heavy atom. The molecule has 1 aliphatic rings. The van der Waals surface area contributed by atoms with E-state index in [1.807, 2.05) is 0 Å². The van der Waals surface area contributed by atoms with E-state index in [1.54, 1.807) is 0 Å². The van der Waals surface area contributed by atoms with Crippen molar-refractivity contribution in [2.75, 3.05) is 0 Å². The first-order chi connectivity index (χ1) is 3.34. The second-order valence-electron chi connectivity index (χ2n) is 2.15. The van der Waals surface area contributed by atoms with Crippen LogP contribution in [-0.2, 0) is 0 Å². The predicted octanol–water partition coefficient (Wildman–Crippen LogP) is 1.67. The molecule has 0 aliphatic heterocycles. The average molecular weight is 94.2 g/mol. The Morgan fingerprint density at radius 1 is 1.57 bits per heavy atom. The van der Waals surface area contributed by atoms with Gasteiger partial charge in [0.15, 0.2) is 0 Å². The summed E-state index contributed by atoms with van der Waals surface area (Å²) in [6, 6.07) is 0. The van der Waals surface area contributed by atoms with Crippen LogP contribution < -0.4 is 0 Å². The van der Waals surface area contributed by atoms with Crippen molar-refractivity contribution in [3.8, 4) is 11.8 Å². The second-order valence-corrected chi connectivity index (χ2v) is 2.15. The molecule has 0 heterocycles. The largest absolute Gasteiger partial charge is 0.0852 e. The Hall–Kier alpha value is -0.440. The highest BCUT2D eigenvalue weighted by Gasteiger charge is 2.16. The van der Waals surface area contributed by atoms with E-state index >= 15 is 0 Å². The summed E-state index contributed by atoms with van der Waals surface area (Å²) in [5.41, 5.74) is 0. The number of hydrogen-bond acceptors (Lipinski definition) is 0. The van der Waals surface area contributed by atoms with Gasteiger partial charge < -0.3 is 0 Å². The fourth-order valence-electron chi connectivity index (χ4n) is 0.568. The topological polar surface area (TPSA) is 0 Å². The molecule has 0 nitrogen and oxygen atoms in total. The van der Waals surface area contributed by atoms with Gasteiger partial charge in [-0.1, -0.05) is 32.1 Å². The van der Waals surface area contributed by atoms with Crippen LogP contribution in [0.15, 0.2) is 0 Å². The molecular weight excluding hydrogens is 84.1 g/mol. The van der Waals surface area contributed by atoms with Crippen LogP contribution in [0.1, 0.15) is 20.3 Å². The molecule has 1 atom stereocenters. The van der Waals surface area contributed by atoms with Crippen LogP contribution in [0.5, 0.6) is 0 Å². The minimum atomic E-state index is 0.616. The molecule has 0 aromatic heterocycles. The molecule has 0 spiro atoms. The minimum Gasteiger partial charge on any atom is -0.0852 e. The zero-order valence-corrected chi connectivity index (χ0v) is 4.86. The van der Waals surface area contributed by atoms with Gasteiger partial charge in [-0.3, -0.25) is 0 Å². The van der Waals surface area contributed by atoms with Gasteiger partial charge in [0.1, 0.15) is 0 Å². The fraction of sp³-hybridized carbons (Fsp3) is 0.714. The van der Waals surface area contributed by atoms with Gasteiger partial charge in [0.2, 0.25) is 0 Å². The third-order valence-electron chi connectivity index (χ3n) is 1.52. The summed E-state index contributed by atoms with van der Waals surface area (Å²) < 4.78 is 0. The van der Waals surface area contributed by atoms with Crippen molar-refractivity contribution in [1.29, 1.82) is 0 Å². The number of hydrogen-bond donors (Lipinski definition) is 0. The summed E-state index contributed by atoms with van der Waals surface area (Å²) in [5.74, 6) is 7.48. The molecule has 0 bridgehead atoms. The van der Waals surface area contributed by atoms with Crippen LogP contribution in [0.4, 0.5) is 0 Å². The SMILES string of the molecule is CCC(C)C1C#C1. The molecule has 0 aromatic rings. The zero-order valence-electron chi connectivity index (χ0n) is 4.86. The molecule has 1 aliphatic carbocycles. The van der Waals surface area contributed by atoms with Crippen molar-refractivity contribution in [2.45, 2.75) is 20.3 Å². The first kappa shape index (κ1) is 4.71. The van der Waals surface area contributed by atoms with Gasteiger partial charge in [-0.2, -0.15) is 0 Å². The molecule has 0 saturated carbocycles. The predicted molar refractivity (Wildman–Crippen MR) is 30.7 cm³/mol. The maximum Gasteiger partial charge on any atom is 0.0837 e. The lowest BCUT2D eigenvalue weighted by atomic mass is 10.0. The monoisotopic (exact) mass is 94.1 g/mol. The quantitative estimate of drug-likeness (QED) is 0.456. The normalized spacial score (nSPS) is 20.3. The van der Waals surface area contributed by atoms with Gasteiger partial charge in [-0.15, -0.1) is 0 Å². The first-order valence-corrected chi connectivity index (χ1v) is 2.85. The molecule has 0 radical (unpaired) electrons. The van der Waals surface area contributed by atoms with E-state index in [2.05, 4.69) is 25.7 Å². The van der Waals surface area contributed by atoms with Gasteiger partial charge in [-0.25, -0.2) is 0 Å². The van der Waals surface area contributed by atoms with Crippen molar-refractivity contribution < 1.29 is 0 Å². The fourth-order valence-corrected chi connectivity index (χ4v) is 0.568. The molecule has 0 aromatic carbocycles. The molecule has 1 rings (SSSR count). The van der Waals surface area contributed by atoms with E-state index in [-0.39, 0.29) is 0 Å². The molecular formula is C7H10. The van der Waals surface area contributed by atoms with Crippen LogP contribution in [0.2, 0.25) is 0 Å². The van der Waals surface area contributed by atoms with Crippen molar-refractivity contribution in [3.05, 3.63) is 0 Å². The third kappa shape index (κ3) is 0.962. The van der Waals surface area contributed by atoms with E-state index in [4.69, 9.17) is 0 Å². The van der Waals surface area contributed by atoms with Crippen LogP contribution >= 0.6 is 0 Å². The molecule has 0 saturated heterocycles.